The number of rotatable bonds is 6. The highest BCUT2D eigenvalue weighted by atomic mass is 19.1. The number of halogens is 1. The first-order valence-electron chi connectivity index (χ1n) is 13.1. The minimum absolute atomic E-state index is 0.0333. The number of hydrogen-bond acceptors (Lipinski definition) is 5. The summed E-state index contributed by atoms with van der Waals surface area (Å²) in [6.45, 7) is 6.11. The van der Waals surface area contributed by atoms with Crippen molar-refractivity contribution < 1.29 is 14.0 Å². The highest BCUT2D eigenvalue weighted by Crippen LogP contribution is 2.28. The third-order valence-corrected chi connectivity index (χ3v) is 6.52. The van der Waals surface area contributed by atoms with Gasteiger partial charge in [-0.05, 0) is 66.1 Å². The molecule has 10 heteroatoms. The fourth-order valence-corrected chi connectivity index (χ4v) is 4.34. The fraction of sp³-hybridized carbons (Fsp3) is 0.194. The summed E-state index contributed by atoms with van der Waals surface area (Å²) in [6, 6.07) is 18.8. The number of urea groups is 1. The zero-order valence-electron chi connectivity index (χ0n) is 23.2. The predicted octanol–water partition coefficient (Wildman–Crippen LogP) is 5.85. The maximum atomic E-state index is 15.0. The van der Waals surface area contributed by atoms with Gasteiger partial charge < -0.3 is 10.6 Å². The summed E-state index contributed by atoms with van der Waals surface area (Å²) in [6.07, 6.45) is 3.67. The molecule has 0 saturated heterocycles. The van der Waals surface area contributed by atoms with Crippen molar-refractivity contribution in [2.75, 3.05) is 17.7 Å². The van der Waals surface area contributed by atoms with Gasteiger partial charge in [0.05, 0.1) is 22.6 Å². The normalized spacial score (nSPS) is 11.3. The number of hydrogen-bond donors (Lipinski definition) is 3. The van der Waals surface area contributed by atoms with Gasteiger partial charge in [0.25, 0.3) is 5.91 Å². The molecule has 208 valence electrons. The molecule has 0 bridgehead atoms. The van der Waals surface area contributed by atoms with Crippen LogP contribution in [-0.2, 0) is 11.8 Å². The summed E-state index contributed by atoms with van der Waals surface area (Å²) in [4.78, 5) is 33.3. The molecule has 3 amide bonds. The Balaban J connectivity index is 1.34. The van der Waals surface area contributed by atoms with E-state index in [1.54, 1.807) is 35.3 Å². The van der Waals surface area contributed by atoms with E-state index in [4.69, 9.17) is 5.10 Å². The van der Waals surface area contributed by atoms with Crippen LogP contribution in [0.4, 0.5) is 20.7 Å². The number of amides is 3. The maximum Gasteiger partial charge on any atom is 0.324 e. The van der Waals surface area contributed by atoms with Gasteiger partial charge in [0.15, 0.2) is 0 Å². The van der Waals surface area contributed by atoms with Crippen LogP contribution in [0, 0.1) is 5.82 Å². The Morgan fingerprint density at radius 3 is 2.46 bits per heavy atom. The monoisotopic (exact) mass is 551 g/mol. The van der Waals surface area contributed by atoms with Crippen molar-refractivity contribution in [3.63, 3.8) is 0 Å². The number of anilines is 2. The van der Waals surface area contributed by atoms with Gasteiger partial charge in [0.1, 0.15) is 17.3 Å². The van der Waals surface area contributed by atoms with Gasteiger partial charge >= 0.3 is 6.03 Å². The number of nitrogens with zero attached hydrogens (tertiary/aromatic N) is 4. The Hall–Kier alpha value is -5.12. The van der Waals surface area contributed by atoms with Crippen LogP contribution in [0.5, 0.6) is 0 Å². The number of nitrogens with one attached hydrogen (secondary N) is 3. The Bertz CT molecular complexity index is 1760. The lowest BCUT2D eigenvalue weighted by molar-refractivity contribution is 0.0958. The van der Waals surface area contributed by atoms with Gasteiger partial charge in [0.2, 0.25) is 0 Å². The number of pyridine rings is 2. The number of fused-ring (bicyclic) bond motifs is 1. The van der Waals surface area contributed by atoms with Gasteiger partial charge in [-0.25, -0.2) is 13.9 Å². The molecule has 41 heavy (non-hydrogen) atoms. The van der Waals surface area contributed by atoms with E-state index in [-0.39, 0.29) is 22.7 Å². The second-order valence-corrected chi connectivity index (χ2v) is 10.7. The average Bonchev–Trinajstić information content (AvgIpc) is 3.38. The molecule has 3 heterocycles. The SMILES string of the molecule is CNC(=O)c1cc(Cc2ccc(NC(=O)Nc3cc(C(C)(C)C)nn3-c3ccc4ncccc4c3)c(F)c2)ccn1. The second-order valence-electron chi connectivity index (χ2n) is 10.7. The van der Waals surface area contributed by atoms with E-state index in [1.807, 2.05) is 57.2 Å². The first-order valence-corrected chi connectivity index (χ1v) is 13.1. The third-order valence-electron chi connectivity index (χ3n) is 6.52. The van der Waals surface area contributed by atoms with Crippen LogP contribution in [0.2, 0.25) is 0 Å². The lowest BCUT2D eigenvalue weighted by Crippen LogP contribution is -2.22. The molecule has 0 unspecified atom stereocenters. The first-order chi connectivity index (χ1) is 19.6. The van der Waals surface area contributed by atoms with Crippen LogP contribution < -0.4 is 16.0 Å². The molecule has 0 radical (unpaired) electrons. The molecule has 5 aromatic rings. The van der Waals surface area contributed by atoms with Gasteiger partial charge in [0, 0.05) is 36.3 Å². The standard InChI is InChI=1S/C31H30FN7O2/c1-31(2,3)27-18-28(39(38-27)22-8-10-24-21(17-22)6-5-12-34-24)37-30(41)36-25-9-7-19(15-23(25)32)14-20-11-13-35-26(16-20)29(40)33-4/h5-13,15-18H,14H2,1-4H3,(H,33,40)(H2,36,37,41). The van der Waals surface area contributed by atoms with Crippen LogP contribution in [0.1, 0.15) is 48.1 Å². The van der Waals surface area contributed by atoms with Gasteiger partial charge in [-0.2, -0.15) is 5.10 Å². The molecule has 0 aliphatic heterocycles. The minimum Gasteiger partial charge on any atom is -0.354 e. The number of benzene rings is 2. The van der Waals surface area contributed by atoms with Crippen molar-refractivity contribution in [2.45, 2.75) is 32.6 Å². The van der Waals surface area contributed by atoms with Crippen molar-refractivity contribution in [3.8, 4) is 5.69 Å². The number of carbonyl (C=O) groups excluding carboxylic acids is 2. The molecule has 3 aromatic heterocycles. The van der Waals surface area contributed by atoms with Crippen molar-refractivity contribution >= 4 is 34.3 Å². The third kappa shape index (κ3) is 6.22. The second kappa shape index (κ2) is 11.2. The average molecular weight is 552 g/mol. The largest absolute Gasteiger partial charge is 0.354 e. The molecule has 0 atom stereocenters. The Morgan fingerprint density at radius 2 is 1.71 bits per heavy atom. The number of aromatic nitrogens is 4. The van der Waals surface area contributed by atoms with Crippen molar-refractivity contribution in [2.24, 2.45) is 0 Å². The quantitative estimate of drug-likeness (QED) is 0.245. The highest BCUT2D eigenvalue weighted by molar-refractivity contribution is 5.99. The van der Waals surface area contributed by atoms with Crippen LogP contribution in [0.15, 0.2) is 79.1 Å². The smallest absolute Gasteiger partial charge is 0.324 e. The summed E-state index contributed by atoms with van der Waals surface area (Å²) in [5.74, 6) is -0.432. The van der Waals surface area contributed by atoms with E-state index in [2.05, 4.69) is 25.9 Å². The lowest BCUT2D eigenvalue weighted by atomic mass is 9.92. The molecule has 0 spiro atoms. The van der Waals surface area contributed by atoms with Gasteiger partial charge in [-0.15, -0.1) is 0 Å². The molecule has 0 saturated carbocycles. The van der Waals surface area contributed by atoms with E-state index in [1.165, 1.54) is 19.2 Å². The van der Waals surface area contributed by atoms with Crippen LogP contribution >= 0.6 is 0 Å². The summed E-state index contributed by atoms with van der Waals surface area (Å²) >= 11 is 0. The maximum absolute atomic E-state index is 15.0. The number of carbonyl (C=O) groups is 2. The molecular weight excluding hydrogens is 521 g/mol. The molecule has 0 fully saturated rings. The zero-order valence-corrected chi connectivity index (χ0v) is 23.2. The van der Waals surface area contributed by atoms with Crippen molar-refractivity contribution in [1.29, 1.82) is 0 Å². The van der Waals surface area contributed by atoms with E-state index >= 15 is 4.39 Å². The lowest BCUT2D eigenvalue weighted by Gasteiger charge is -2.14. The summed E-state index contributed by atoms with van der Waals surface area (Å²) in [7, 11) is 1.53. The topological polar surface area (TPSA) is 114 Å². The van der Waals surface area contributed by atoms with Crippen LogP contribution in [-0.4, -0.2) is 38.7 Å². The van der Waals surface area contributed by atoms with Crippen LogP contribution in [0.3, 0.4) is 0 Å². The van der Waals surface area contributed by atoms with Gasteiger partial charge in [-0.1, -0.05) is 32.9 Å². The van der Waals surface area contributed by atoms with E-state index in [9.17, 15) is 9.59 Å². The van der Waals surface area contributed by atoms with E-state index < -0.39 is 11.8 Å². The Labute approximate surface area is 236 Å². The molecule has 5 rings (SSSR count). The molecule has 0 aliphatic rings. The summed E-state index contributed by atoms with van der Waals surface area (Å²) < 4.78 is 16.7. The predicted molar refractivity (Wildman–Crippen MR) is 157 cm³/mol. The van der Waals surface area contributed by atoms with Crippen molar-refractivity contribution in [1.82, 2.24) is 25.1 Å². The summed E-state index contributed by atoms with van der Waals surface area (Å²) in [5, 5.41) is 13.7. The zero-order chi connectivity index (χ0) is 29.1. The molecule has 3 N–H and O–H groups in total. The molecule has 9 nitrogen and oxygen atoms in total. The molecular formula is C31H30FN7O2. The van der Waals surface area contributed by atoms with Gasteiger partial charge in [-0.3, -0.25) is 20.1 Å². The van der Waals surface area contributed by atoms with E-state index in [0.717, 1.165) is 27.8 Å². The van der Waals surface area contributed by atoms with E-state index in [0.29, 0.717) is 17.8 Å². The summed E-state index contributed by atoms with van der Waals surface area (Å²) in [5.41, 5.74) is 3.92. The molecule has 0 aliphatic carbocycles. The minimum atomic E-state index is -0.606. The fourth-order valence-electron chi connectivity index (χ4n) is 4.34. The first kappa shape index (κ1) is 27.4. The molecule has 2 aromatic carbocycles. The van der Waals surface area contributed by atoms with Crippen LogP contribution in [0.25, 0.3) is 16.6 Å². The Kier molecular flexibility index (Phi) is 7.47. The Morgan fingerprint density at radius 1 is 0.902 bits per heavy atom. The highest BCUT2D eigenvalue weighted by Gasteiger charge is 2.22. The van der Waals surface area contributed by atoms with Crippen molar-refractivity contribution in [3.05, 3.63) is 107 Å².